The van der Waals surface area contributed by atoms with Gasteiger partial charge in [-0.1, -0.05) is 237 Å². The average Bonchev–Trinajstić information content (AvgIpc) is 3.25. The minimum absolute atomic E-state index is 0.359. The molecule has 0 fully saturated rings. The second-order valence-corrected chi connectivity index (χ2v) is 18.2. The molecule has 6 heteroatoms. The van der Waals surface area contributed by atoms with Crippen molar-refractivity contribution >= 4 is 5.91 Å². The van der Waals surface area contributed by atoms with Crippen molar-refractivity contribution in [2.75, 3.05) is 6.61 Å². The molecule has 0 spiro atoms. The Morgan fingerprint density at radius 2 is 0.733 bits per heavy atom. The first-order valence-corrected chi connectivity index (χ1v) is 26.4. The first kappa shape index (κ1) is 58.5. The maximum Gasteiger partial charge on any atom is 0.249 e. The van der Waals surface area contributed by atoms with E-state index in [4.69, 9.17) is 0 Å². The normalized spacial score (nSPS) is 14.2. The third kappa shape index (κ3) is 41.9. The number of aliphatic hydroxyl groups excluding tert-OH is 4. The zero-order valence-electron chi connectivity index (χ0n) is 40.0. The van der Waals surface area contributed by atoms with Gasteiger partial charge in [-0.3, -0.25) is 4.79 Å². The second kappa shape index (κ2) is 48.6. The Labute approximate surface area is 373 Å². The number of rotatable bonds is 48. The number of hydrogen-bond donors (Lipinski definition) is 5. The largest absolute Gasteiger partial charge is 0.394 e. The summed E-state index contributed by atoms with van der Waals surface area (Å²) in [5, 5.41) is 43.9. The minimum atomic E-state index is -1.28. The van der Waals surface area contributed by atoms with E-state index in [0.717, 1.165) is 44.9 Å². The molecule has 0 aromatic heterocycles. The number of allylic oxidation sites excluding steroid dienone is 6. The van der Waals surface area contributed by atoms with Crippen molar-refractivity contribution in [3.05, 3.63) is 36.5 Å². The number of carbonyl (C=O) groups excluding carboxylic acids is 1. The van der Waals surface area contributed by atoms with E-state index in [2.05, 4.69) is 55.6 Å². The number of carbonyl (C=O) groups is 1. The van der Waals surface area contributed by atoms with E-state index in [1.54, 1.807) is 0 Å². The maximum atomic E-state index is 12.6. The molecule has 0 aromatic rings. The first-order valence-electron chi connectivity index (χ1n) is 26.4. The quantitative estimate of drug-likeness (QED) is 0.0309. The summed E-state index contributed by atoms with van der Waals surface area (Å²) in [5.74, 6) is -0.594. The molecule has 0 aliphatic carbocycles. The van der Waals surface area contributed by atoms with Gasteiger partial charge in [-0.25, -0.2) is 0 Å². The van der Waals surface area contributed by atoms with Crippen LogP contribution in [0, 0.1) is 0 Å². The summed E-state index contributed by atoms with van der Waals surface area (Å²) in [5.41, 5.74) is 0. The van der Waals surface area contributed by atoms with Gasteiger partial charge in [-0.15, -0.1) is 0 Å². The molecule has 0 rings (SSSR count). The van der Waals surface area contributed by atoms with Crippen molar-refractivity contribution in [1.29, 1.82) is 0 Å². The highest BCUT2D eigenvalue weighted by Gasteiger charge is 2.28. The first-order chi connectivity index (χ1) is 29.5. The van der Waals surface area contributed by atoms with Crippen LogP contribution in [0.4, 0.5) is 0 Å². The van der Waals surface area contributed by atoms with Crippen LogP contribution in [-0.2, 0) is 4.79 Å². The fourth-order valence-corrected chi connectivity index (χ4v) is 8.14. The van der Waals surface area contributed by atoms with Gasteiger partial charge in [-0.2, -0.15) is 0 Å². The zero-order chi connectivity index (χ0) is 43.8. The summed E-state index contributed by atoms with van der Waals surface area (Å²) in [7, 11) is 0. The predicted octanol–water partition coefficient (Wildman–Crippen LogP) is 14.9. The monoisotopic (exact) mass is 846 g/mol. The highest BCUT2D eigenvalue weighted by Crippen LogP contribution is 2.16. The molecule has 354 valence electrons. The van der Waals surface area contributed by atoms with E-state index >= 15 is 0 Å². The summed E-state index contributed by atoms with van der Waals surface area (Å²) in [6, 6.07) is -1.00. The summed E-state index contributed by atoms with van der Waals surface area (Å²) in [6.07, 6.45) is 59.1. The fraction of sp³-hybridized carbons (Fsp3) is 0.870. The van der Waals surface area contributed by atoms with E-state index < -0.39 is 36.9 Å². The predicted molar refractivity (Wildman–Crippen MR) is 260 cm³/mol. The lowest BCUT2D eigenvalue weighted by atomic mass is 10.00. The molecule has 0 saturated carbocycles. The Hall–Kier alpha value is -1.47. The molecule has 1 amide bonds. The number of amides is 1. The van der Waals surface area contributed by atoms with Gasteiger partial charge in [0.05, 0.1) is 18.8 Å². The molecule has 0 aliphatic heterocycles. The molecule has 0 aliphatic rings. The average molecular weight is 846 g/mol. The summed E-state index contributed by atoms with van der Waals surface area (Å²) in [4.78, 5) is 12.6. The Kier molecular flexibility index (Phi) is 47.4. The van der Waals surface area contributed by atoms with Gasteiger partial charge in [-0.05, 0) is 70.6 Å². The molecule has 0 aromatic carbocycles. The lowest BCUT2D eigenvalue weighted by Crippen LogP contribution is -2.53. The van der Waals surface area contributed by atoms with Crippen LogP contribution < -0.4 is 5.32 Å². The highest BCUT2D eigenvalue weighted by atomic mass is 16.3. The summed E-state index contributed by atoms with van der Waals surface area (Å²) in [6.45, 7) is 4.06. The van der Waals surface area contributed by atoms with Gasteiger partial charge in [0.2, 0.25) is 5.91 Å². The molecule has 60 heavy (non-hydrogen) atoms. The van der Waals surface area contributed by atoms with Gasteiger partial charge < -0.3 is 25.7 Å². The van der Waals surface area contributed by atoms with E-state index in [-0.39, 0.29) is 0 Å². The lowest BCUT2D eigenvalue weighted by molar-refractivity contribution is -0.132. The Morgan fingerprint density at radius 1 is 0.417 bits per heavy atom. The van der Waals surface area contributed by atoms with Crippen molar-refractivity contribution in [1.82, 2.24) is 5.32 Å². The Balaban J connectivity index is 3.69. The van der Waals surface area contributed by atoms with Gasteiger partial charge in [0.15, 0.2) is 0 Å². The van der Waals surface area contributed by atoms with Crippen molar-refractivity contribution in [2.24, 2.45) is 0 Å². The lowest BCUT2D eigenvalue weighted by Gasteiger charge is -2.27. The molecule has 0 bridgehead atoms. The fourth-order valence-electron chi connectivity index (χ4n) is 8.14. The summed E-state index contributed by atoms with van der Waals surface area (Å²) < 4.78 is 0. The number of unbranched alkanes of at least 4 members (excludes halogenated alkanes) is 33. The molecular weight excluding hydrogens is 743 g/mol. The smallest absolute Gasteiger partial charge is 0.249 e. The van der Waals surface area contributed by atoms with Crippen molar-refractivity contribution < 1.29 is 25.2 Å². The van der Waals surface area contributed by atoms with E-state index in [1.165, 1.54) is 199 Å². The number of nitrogens with one attached hydrogen (secondary N) is 1. The SMILES string of the molecule is CCCCCCCCCCC/C=C\C/C=C\CCCCCCCCCCCCC(O)C(=O)NC(CO)C(O)C(O)CCC/C=C/CCCCCCCCCCCCCCC. The minimum Gasteiger partial charge on any atom is -0.394 e. The molecule has 0 radical (unpaired) electrons. The maximum absolute atomic E-state index is 12.6. The zero-order valence-corrected chi connectivity index (χ0v) is 40.0. The van der Waals surface area contributed by atoms with Crippen molar-refractivity contribution in [3.63, 3.8) is 0 Å². The van der Waals surface area contributed by atoms with Crippen LogP contribution in [0.5, 0.6) is 0 Å². The van der Waals surface area contributed by atoms with E-state index in [0.29, 0.717) is 12.8 Å². The molecule has 6 nitrogen and oxygen atoms in total. The molecular formula is C54H103NO5. The third-order valence-corrected chi connectivity index (χ3v) is 12.3. The van der Waals surface area contributed by atoms with Crippen LogP contribution in [0.2, 0.25) is 0 Å². The topological polar surface area (TPSA) is 110 Å². The summed E-state index contributed by atoms with van der Waals surface area (Å²) >= 11 is 0. The Bertz CT molecular complexity index is 950. The van der Waals surface area contributed by atoms with Gasteiger partial charge in [0.1, 0.15) is 12.2 Å². The van der Waals surface area contributed by atoms with Crippen LogP contribution in [0.15, 0.2) is 36.5 Å². The number of aliphatic hydroxyl groups is 4. The molecule has 4 unspecified atom stereocenters. The van der Waals surface area contributed by atoms with Crippen molar-refractivity contribution in [3.8, 4) is 0 Å². The van der Waals surface area contributed by atoms with Gasteiger partial charge in [0.25, 0.3) is 0 Å². The van der Waals surface area contributed by atoms with Gasteiger partial charge in [0, 0.05) is 0 Å². The molecule has 0 saturated heterocycles. The number of hydrogen-bond acceptors (Lipinski definition) is 5. The third-order valence-electron chi connectivity index (χ3n) is 12.3. The second-order valence-electron chi connectivity index (χ2n) is 18.2. The highest BCUT2D eigenvalue weighted by molar-refractivity contribution is 5.80. The van der Waals surface area contributed by atoms with Crippen molar-refractivity contribution in [2.45, 2.75) is 295 Å². The van der Waals surface area contributed by atoms with Gasteiger partial charge >= 0.3 is 0 Å². The van der Waals surface area contributed by atoms with Crippen LogP contribution in [0.3, 0.4) is 0 Å². The van der Waals surface area contributed by atoms with E-state index in [9.17, 15) is 25.2 Å². The van der Waals surface area contributed by atoms with Crippen LogP contribution in [0.1, 0.15) is 271 Å². The standard InChI is InChI=1S/C54H103NO5/c1-3-5-7-9-11-13-15-17-19-21-23-24-25-26-27-28-29-30-32-34-36-38-40-42-44-46-48-52(58)54(60)55-50(49-56)53(59)51(57)47-45-43-41-39-37-35-33-31-22-20-18-16-14-12-10-8-6-4-2/h23-24,26-27,39,41,50-53,56-59H,3-22,25,28-38,40,42-49H2,1-2H3,(H,55,60)/b24-23-,27-26-,41-39+. The van der Waals surface area contributed by atoms with E-state index in [1.807, 2.05) is 0 Å². The van der Waals surface area contributed by atoms with Crippen LogP contribution >= 0.6 is 0 Å². The van der Waals surface area contributed by atoms with Crippen LogP contribution in [0.25, 0.3) is 0 Å². The molecule has 0 heterocycles. The molecule has 5 N–H and O–H groups in total. The molecule has 4 atom stereocenters. The Morgan fingerprint density at radius 3 is 1.10 bits per heavy atom. The van der Waals surface area contributed by atoms with Crippen LogP contribution in [-0.4, -0.2) is 57.3 Å².